The van der Waals surface area contributed by atoms with E-state index in [1.165, 1.54) is 18.2 Å². The number of rotatable bonds is 3. The summed E-state index contributed by atoms with van der Waals surface area (Å²) < 4.78 is 0.975. The average Bonchev–Trinajstić information content (AvgIpc) is 2.40. The third-order valence-electron chi connectivity index (χ3n) is 2.57. The quantitative estimate of drug-likeness (QED) is 0.471. The first-order valence-corrected chi connectivity index (χ1v) is 6.93. The van der Waals surface area contributed by atoms with Crippen LogP contribution in [0.1, 0.15) is 10.4 Å². The van der Waals surface area contributed by atoms with E-state index in [9.17, 15) is 14.7 Å². The zero-order valence-corrected chi connectivity index (χ0v) is 12.8. The Bertz CT molecular complexity index is 703. The summed E-state index contributed by atoms with van der Waals surface area (Å²) in [5.74, 6) is -1.62. The minimum Gasteiger partial charge on any atom is -0.507 e. The number of amides is 2. The lowest BCUT2D eigenvalue weighted by Crippen LogP contribution is -2.19. The molecule has 0 fully saturated rings. The molecule has 0 unspecified atom stereocenters. The maximum absolute atomic E-state index is 11.8. The van der Waals surface area contributed by atoms with E-state index in [4.69, 9.17) is 5.11 Å². The van der Waals surface area contributed by atoms with Gasteiger partial charge in [-0.15, -0.1) is 0 Å². The Morgan fingerprint density at radius 2 is 1.67 bits per heavy atom. The van der Waals surface area contributed by atoms with Crippen molar-refractivity contribution in [2.75, 3.05) is 10.6 Å². The van der Waals surface area contributed by atoms with Crippen LogP contribution in [0.25, 0.3) is 0 Å². The average molecular weight is 398 g/mol. The number of hydrogen-bond donors (Lipinski definition) is 4. The van der Waals surface area contributed by atoms with Gasteiger partial charge in [0.05, 0.1) is 0 Å². The Morgan fingerprint density at radius 1 is 1.00 bits per heavy atom. The molecule has 0 aromatic heterocycles. The summed E-state index contributed by atoms with van der Waals surface area (Å²) in [7, 11) is 0. The molecule has 0 aliphatic rings. The fourth-order valence-electron chi connectivity index (χ4n) is 1.64. The van der Waals surface area contributed by atoms with E-state index in [-0.39, 0.29) is 17.0 Å². The summed E-state index contributed by atoms with van der Waals surface area (Å²) in [4.78, 5) is 22.7. The molecule has 108 valence electrons. The van der Waals surface area contributed by atoms with Gasteiger partial charge in [-0.05, 0) is 59.0 Å². The molecule has 21 heavy (non-hydrogen) atoms. The number of halogens is 1. The number of aromatic carboxylic acids is 1. The molecule has 0 heterocycles. The largest absolute Gasteiger partial charge is 0.507 e. The molecule has 0 saturated heterocycles. The number of urea groups is 1. The van der Waals surface area contributed by atoms with E-state index in [0.29, 0.717) is 5.69 Å². The van der Waals surface area contributed by atoms with Gasteiger partial charge in [-0.25, -0.2) is 9.59 Å². The number of carbonyl (C=O) groups excluding carboxylic acids is 1. The van der Waals surface area contributed by atoms with Crippen molar-refractivity contribution in [2.45, 2.75) is 0 Å². The van der Waals surface area contributed by atoms with Crippen LogP contribution < -0.4 is 10.6 Å². The smallest absolute Gasteiger partial charge is 0.339 e. The number of carbonyl (C=O) groups is 2. The van der Waals surface area contributed by atoms with Crippen LogP contribution in [0.4, 0.5) is 16.2 Å². The molecule has 0 radical (unpaired) electrons. The third kappa shape index (κ3) is 4.09. The van der Waals surface area contributed by atoms with Crippen LogP contribution in [0.3, 0.4) is 0 Å². The molecule has 7 heteroatoms. The Hall–Kier alpha value is -2.29. The second-order valence-electron chi connectivity index (χ2n) is 4.13. The minimum atomic E-state index is -1.27. The van der Waals surface area contributed by atoms with Crippen LogP contribution in [-0.2, 0) is 0 Å². The number of anilines is 2. The first-order chi connectivity index (χ1) is 9.95. The van der Waals surface area contributed by atoms with Crippen LogP contribution in [0.2, 0.25) is 0 Å². The van der Waals surface area contributed by atoms with Gasteiger partial charge in [-0.3, -0.25) is 0 Å². The lowest BCUT2D eigenvalue weighted by atomic mass is 10.2. The molecule has 0 aliphatic heterocycles. The summed E-state index contributed by atoms with van der Waals surface area (Å²) in [5.41, 5.74) is 0.618. The molecule has 0 atom stereocenters. The topological polar surface area (TPSA) is 98.7 Å². The zero-order chi connectivity index (χ0) is 15.4. The lowest BCUT2D eigenvalue weighted by Gasteiger charge is -2.09. The molecule has 0 spiro atoms. The number of aromatic hydroxyl groups is 1. The van der Waals surface area contributed by atoms with Gasteiger partial charge in [-0.2, -0.15) is 0 Å². The molecule has 2 aromatic carbocycles. The van der Waals surface area contributed by atoms with Crippen molar-refractivity contribution in [1.82, 2.24) is 0 Å². The van der Waals surface area contributed by atoms with Gasteiger partial charge >= 0.3 is 12.0 Å². The summed E-state index contributed by atoms with van der Waals surface area (Å²) in [6, 6.07) is 10.5. The SMILES string of the molecule is O=C(Nc1cccc(I)c1)Nc1ccc(O)c(C(=O)O)c1. The minimum absolute atomic E-state index is 0.272. The molecule has 0 saturated carbocycles. The number of nitrogens with one attached hydrogen (secondary N) is 2. The molecule has 2 rings (SSSR count). The van der Waals surface area contributed by atoms with Gasteiger partial charge in [0, 0.05) is 14.9 Å². The molecule has 4 N–H and O–H groups in total. The van der Waals surface area contributed by atoms with Crippen molar-refractivity contribution in [1.29, 1.82) is 0 Å². The molecule has 2 aromatic rings. The highest BCUT2D eigenvalue weighted by Crippen LogP contribution is 2.21. The molecule has 2 amide bonds. The van der Waals surface area contributed by atoms with Gasteiger partial charge in [0.1, 0.15) is 11.3 Å². The highest BCUT2D eigenvalue weighted by atomic mass is 127. The van der Waals surface area contributed by atoms with Crippen molar-refractivity contribution in [3.63, 3.8) is 0 Å². The van der Waals surface area contributed by atoms with Crippen molar-refractivity contribution >= 4 is 46.0 Å². The van der Waals surface area contributed by atoms with Crippen LogP contribution >= 0.6 is 22.6 Å². The normalized spacial score (nSPS) is 9.95. The van der Waals surface area contributed by atoms with Crippen LogP contribution in [0, 0.1) is 3.57 Å². The molecule has 0 bridgehead atoms. The summed E-state index contributed by atoms with van der Waals surface area (Å²) in [5, 5.41) is 23.4. The highest BCUT2D eigenvalue weighted by Gasteiger charge is 2.11. The van der Waals surface area contributed by atoms with Gasteiger partial charge in [-0.1, -0.05) is 6.07 Å². The second-order valence-corrected chi connectivity index (χ2v) is 5.37. The van der Waals surface area contributed by atoms with Crippen molar-refractivity contribution < 1.29 is 19.8 Å². The molecule has 0 aliphatic carbocycles. The van der Waals surface area contributed by atoms with Crippen LogP contribution in [-0.4, -0.2) is 22.2 Å². The number of carboxylic acids is 1. The maximum Gasteiger partial charge on any atom is 0.339 e. The predicted octanol–water partition coefficient (Wildman–Crippen LogP) is 3.34. The fraction of sp³-hybridized carbons (Fsp3) is 0. The number of hydrogen-bond acceptors (Lipinski definition) is 3. The Kier molecular flexibility index (Phi) is 4.63. The van der Waals surface area contributed by atoms with E-state index in [2.05, 4.69) is 33.2 Å². The first-order valence-electron chi connectivity index (χ1n) is 5.85. The van der Waals surface area contributed by atoms with Crippen LogP contribution in [0.15, 0.2) is 42.5 Å². The van der Waals surface area contributed by atoms with E-state index < -0.39 is 12.0 Å². The van der Waals surface area contributed by atoms with E-state index in [1.54, 1.807) is 18.2 Å². The third-order valence-corrected chi connectivity index (χ3v) is 3.24. The van der Waals surface area contributed by atoms with E-state index in [1.807, 2.05) is 6.07 Å². The van der Waals surface area contributed by atoms with Crippen molar-refractivity contribution in [3.8, 4) is 5.75 Å². The Balaban J connectivity index is 2.09. The summed E-state index contributed by atoms with van der Waals surface area (Å²) in [6.45, 7) is 0. The zero-order valence-electron chi connectivity index (χ0n) is 10.6. The maximum atomic E-state index is 11.8. The number of phenols is 1. The van der Waals surface area contributed by atoms with E-state index in [0.717, 1.165) is 3.57 Å². The molecular weight excluding hydrogens is 387 g/mol. The van der Waals surface area contributed by atoms with E-state index >= 15 is 0 Å². The van der Waals surface area contributed by atoms with Gasteiger partial charge < -0.3 is 20.8 Å². The van der Waals surface area contributed by atoms with Crippen molar-refractivity contribution in [2.24, 2.45) is 0 Å². The standard InChI is InChI=1S/C14H11IN2O4/c15-8-2-1-3-9(6-8)16-14(21)17-10-4-5-12(18)11(7-10)13(19)20/h1-7,18H,(H,19,20)(H2,16,17,21). The number of benzene rings is 2. The Labute approximate surface area is 133 Å². The van der Waals surface area contributed by atoms with Crippen molar-refractivity contribution in [3.05, 3.63) is 51.6 Å². The van der Waals surface area contributed by atoms with Gasteiger partial charge in [0.2, 0.25) is 0 Å². The van der Waals surface area contributed by atoms with Gasteiger partial charge in [0.25, 0.3) is 0 Å². The molecule has 6 nitrogen and oxygen atoms in total. The number of carboxylic acid groups (broad SMARTS) is 1. The first kappa shape index (κ1) is 15.1. The fourth-order valence-corrected chi connectivity index (χ4v) is 2.19. The lowest BCUT2D eigenvalue weighted by molar-refractivity contribution is 0.0693. The summed E-state index contributed by atoms with van der Waals surface area (Å²) >= 11 is 2.13. The second kappa shape index (κ2) is 6.44. The Morgan fingerprint density at radius 3 is 2.29 bits per heavy atom. The van der Waals surface area contributed by atoms with Crippen LogP contribution in [0.5, 0.6) is 5.75 Å². The summed E-state index contributed by atoms with van der Waals surface area (Å²) in [6.07, 6.45) is 0. The van der Waals surface area contributed by atoms with Gasteiger partial charge in [0.15, 0.2) is 0 Å². The monoisotopic (exact) mass is 398 g/mol. The highest BCUT2D eigenvalue weighted by molar-refractivity contribution is 14.1. The molecular formula is C14H11IN2O4. The predicted molar refractivity (Wildman–Crippen MR) is 86.9 cm³/mol.